The zero-order valence-electron chi connectivity index (χ0n) is 15.2. The van der Waals surface area contributed by atoms with Gasteiger partial charge in [-0.15, -0.1) is 0 Å². The van der Waals surface area contributed by atoms with E-state index in [-0.39, 0.29) is 5.91 Å². The number of nitrogens with one attached hydrogen (secondary N) is 1. The average molecular weight is 383 g/mol. The van der Waals surface area contributed by atoms with Crippen LogP contribution in [0.2, 0.25) is 5.02 Å². The van der Waals surface area contributed by atoms with Crippen molar-refractivity contribution in [1.29, 1.82) is 0 Å². The number of carbonyl (C=O) groups excluding carboxylic acids is 1. The van der Waals surface area contributed by atoms with E-state index in [1.165, 1.54) is 6.20 Å². The fourth-order valence-corrected chi connectivity index (χ4v) is 2.82. The summed E-state index contributed by atoms with van der Waals surface area (Å²) in [7, 11) is 0. The van der Waals surface area contributed by atoms with E-state index in [4.69, 9.17) is 11.6 Å². The van der Waals surface area contributed by atoms with Crippen molar-refractivity contribution in [2.45, 2.75) is 26.8 Å². The number of carbonyl (C=O) groups is 1. The third-order valence-corrected chi connectivity index (χ3v) is 4.49. The van der Waals surface area contributed by atoms with E-state index < -0.39 is 11.7 Å². The standard InChI is InChI=1S/C20H19ClN4O2/c1-12-4-6-15(7-5-12)18-11-22-25(20(27)24-18)14(3)19(26)23-17-9-8-16(21)10-13(17)2/h4-11,14H,1-3H3,(H,23,26). The summed E-state index contributed by atoms with van der Waals surface area (Å²) in [6, 6.07) is 12.0. The van der Waals surface area contributed by atoms with Gasteiger partial charge < -0.3 is 5.32 Å². The van der Waals surface area contributed by atoms with Crippen LogP contribution in [0.4, 0.5) is 5.69 Å². The van der Waals surface area contributed by atoms with E-state index in [2.05, 4.69) is 15.4 Å². The lowest BCUT2D eigenvalue weighted by Gasteiger charge is -2.15. The minimum atomic E-state index is -0.813. The Labute approximate surface area is 161 Å². The summed E-state index contributed by atoms with van der Waals surface area (Å²) in [5.74, 6) is -0.361. The maximum Gasteiger partial charge on any atom is 0.365 e. The van der Waals surface area contributed by atoms with Crippen molar-refractivity contribution in [3.8, 4) is 11.3 Å². The monoisotopic (exact) mass is 382 g/mol. The number of benzene rings is 2. The number of hydrogen-bond acceptors (Lipinski definition) is 4. The molecule has 1 unspecified atom stereocenters. The highest BCUT2D eigenvalue weighted by molar-refractivity contribution is 6.30. The van der Waals surface area contributed by atoms with Gasteiger partial charge >= 0.3 is 5.69 Å². The molecule has 0 aliphatic heterocycles. The van der Waals surface area contributed by atoms with Gasteiger partial charge in [0.05, 0.1) is 11.9 Å². The molecule has 0 saturated heterocycles. The summed E-state index contributed by atoms with van der Waals surface area (Å²) >= 11 is 5.93. The van der Waals surface area contributed by atoms with Crippen LogP contribution >= 0.6 is 11.6 Å². The molecule has 7 heteroatoms. The Morgan fingerprint density at radius 1 is 1.15 bits per heavy atom. The number of halogens is 1. The summed E-state index contributed by atoms with van der Waals surface area (Å²) in [5.41, 5.74) is 3.26. The van der Waals surface area contributed by atoms with Crippen LogP contribution in [-0.4, -0.2) is 20.7 Å². The number of nitrogens with zero attached hydrogens (tertiary/aromatic N) is 3. The smallest absolute Gasteiger partial charge is 0.324 e. The zero-order chi connectivity index (χ0) is 19.6. The molecule has 6 nitrogen and oxygen atoms in total. The largest absolute Gasteiger partial charge is 0.365 e. The third kappa shape index (κ3) is 4.23. The van der Waals surface area contributed by atoms with Crippen LogP contribution < -0.4 is 11.0 Å². The lowest BCUT2D eigenvalue weighted by Crippen LogP contribution is -2.35. The minimum absolute atomic E-state index is 0.361. The van der Waals surface area contributed by atoms with Crippen LogP contribution in [0.5, 0.6) is 0 Å². The zero-order valence-corrected chi connectivity index (χ0v) is 16.0. The molecular formula is C20H19ClN4O2. The van der Waals surface area contributed by atoms with Crippen molar-refractivity contribution in [1.82, 2.24) is 14.8 Å². The molecular weight excluding hydrogens is 364 g/mol. The first-order valence-corrected chi connectivity index (χ1v) is 8.83. The SMILES string of the molecule is Cc1ccc(-c2cnn(C(C)C(=O)Nc3ccc(Cl)cc3C)c(=O)n2)cc1. The molecule has 0 aliphatic carbocycles. The molecule has 0 aliphatic rings. The van der Waals surface area contributed by atoms with Crippen molar-refractivity contribution < 1.29 is 4.79 Å². The molecule has 1 atom stereocenters. The third-order valence-electron chi connectivity index (χ3n) is 4.26. The van der Waals surface area contributed by atoms with Gasteiger partial charge in [-0.05, 0) is 44.5 Å². The van der Waals surface area contributed by atoms with Crippen LogP contribution in [0.1, 0.15) is 24.1 Å². The van der Waals surface area contributed by atoms with Gasteiger partial charge in [0.1, 0.15) is 6.04 Å². The number of aryl methyl sites for hydroxylation is 2. The van der Waals surface area contributed by atoms with Gasteiger partial charge in [-0.1, -0.05) is 41.4 Å². The van der Waals surface area contributed by atoms with Crippen molar-refractivity contribution in [3.63, 3.8) is 0 Å². The van der Waals surface area contributed by atoms with Crippen molar-refractivity contribution in [3.05, 3.63) is 75.3 Å². The summed E-state index contributed by atoms with van der Waals surface area (Å²) in [6.07, 6.45) is 1.49. The normalized spacial score (nSPS) is 11.9. The molecule has 1 aromatic heterocycles. The van der Waals surface area contributed by atoms with Gasteiger partial charge in [0.2, 0.25) is 5.91 Å². The van der Waals surface area contributed by atoms with Gasteiger partial charge in [0.25, 0.3) is 0 Å². The van der Waals surface area contributed by atoms with Crippen LogP contribution in [0.15, 0.2) is 53.5 Å². The van der Waals surface area contributed by atoms with Gasteiger partial charge in [0.15, 0.2) is 0 Å². The second-order valence-electron chi connectivity index (χ2n) is 6.36. The van der Waals surface area contributed by atoms with Crippen molar-refractivity contribution >= 4 is 23.2 Å². The predicted octanol–water partition coefficient (Wildman–Crippen LogP) is 3.78. The van der Waals surface area contributed by atoms with Crippen molar-refractivity contribution in [2.24, 2.45) is 0 Å². The van der Waals surface area contributed by atoms with Gasteiger partial charge in [-0.2, -0.15) is 10.1 Å². The lowest BCUT2D eigenvalue weighted by molar-refractivity contribution is -0.119. The summed E-state index contributed by atoms with van der Waals surface area (Å²) < 4.78 is 1.07. The fourth-order valence-electron chi connectivity index (χ4n) is 2.59. The van der Waals surface area contributed by atoms with Crippen LogP contribution in [0, 0.1) is 13.8 Å². The fraction of sp³-hybridized carbons (Fsp3) is 0.200. The molecule has 0 spiro atoms. The second-order valence-corrected chi connectivity index (χ2v) is 6.80. The molecule has 2 aromatic carbocycles. The molecule has 3 aromatic rings. The number of rotatable bonds is 4. The molecule has 3 rings (SSSR count). The molecule has 0 fully saturated rings. The van der Waals surface area contributed by atoms with E-state index in [1.807, 2.05) is 38.1 Å². The molecule has 0 saturated carbocycles. The van der Waals surface area contributed by atoms with Crippen LogP contribution in [0.25, 0.3) is 11.3 Å². The summed E-state index contributed by atoms with van der Waals surface area (Å²) in [5, 5.41) is 7.52. The molecule has 0 radical (unpaired) electrons. The molecule has 1 heterocycles. The van der Waals surface area contributed by atoms with E-state index in [0.717, 1.165) is 21.4 Å². The van der Waals surface area contributed by atoms with E-state index in [9.17, 15) is 9.59 Å². The Kier molecular flexibility index (Phi) is 5.37. The Hall–Kier alpha value is -2.99. The molecule has 0 bridgehead atoms. The highest BCUT2D eigenvalue weighted by Crippen LogP contribution is 2.21. The molecule has 1 amide bonds. The van der Waals surface area contributed by atoms with Gasteiger partial charge in [-0.3, -0.25) is 4.79 Å². The average Bonchev–Trinajstić information content (AvgIpc) is 2.64. The Balaban J connectivity index is 1.81. The molecule has 27 heavy (non-hydrogen) atoms. The number of amides is 1. The number of anilines is 1. The first kappa shape index (κ1) is 18.8. The quantitative estimate of drug-likeness (QED) is 0.745. The predicted molar refractivity (Wildman–Crippen MR) is 106 cm³/mol. The topological polar surface area (TPSA) is 76.9 Å². The Morgan fingerprint density at radius 2 is 1.85 bits per heavy atom. The maximum absolute atomic E-state index is 12.5. The van der Waals surface area contributed by atoms with E-state index in [0.29, 0.717) is 16.4 Å². The number of aromatic nitrogens is 3. The number of hydrogen-bond donors (Lipinski definition) is 1. The lowest BCUT2D eigenvalue weighted by atomic mass is 10.1. The maximum atomic E-state index is 12.5. The first-order chi connectivity index (χ1) is 12.8. The molecule has 1 N–H and O–H groups in total. The highest BCUT2D eigenvalue weighted by atomic mass is 35.5. The second kappa shape index (κ2) is 7.72. The molecule has 138 valence electrons. The first-order valence-electron chi connectivity index (χ1n) is 8.45. The Bertz CT molecular complexity index is 1040. The van der Waals surface area contributed by atoms with Crippen molar-refractivity contribution in [2.75, 3.05) is 5.32 Å². The van der Waals surface area contributed by atoms with Gasteiger partial charge in [0, 0.05) is 16.3 Å². The van der Waals surface area contributed by atoms with Crippen LogP contribution in [-0.2, 0) is 4.79 Å². The van der Waals surface area contributed by atoms with E-state index >= 15 is 0 Å². The van der Waals surface area contributed by atoms with Crippen LogP contribution in [0.3, 0.4) is 0 Å². The summed E-state index contributed by atoms with van der Waals surface area (Å²) in [6.45, 7) is 5.42. The van der Waals surface area contributed by atoms with Gasteiger partial charge in [-0.25, -0.2) is 9.48 Å². The van der Waals surface area contributed by atoms with E-state index in [1.54, 1.807) is 25.1 Å². The highest BCUT2D eigenvalue weighted by Gasteiger charge is 2.19. The minimum Gasteiger partial charge on any atom is -0.324 e. The summed E-state index contributed by atoms with van der Waals surface area (Å²) in [4.78, 5) is 29.0. The Morgan fingerprint density at radius 3 is 2.48 bits per heavy atom.